The summed E-state index contributed by atoms with van der Waals surface area (Å²) >= 11 is 0. The molecule has 0 saturated heterocycles. The molecule has 1 heterocycles. The average Bonchev–Trinajstić information content (AvgIpc) is 2.38. The normalized spacial score (nSPS) is 10.2. The number of nitrogens with two attached hydrogens (primary N) is 1. The predicted molar refractivity (Wildman–Crippen MR) is 77.8 cm³/mol. The van der Waals surface area contributed by atoms with Crippen LogP contribution in [0.3, 0.4) is 0 Å². The maximum Gasteiger partial charge on any atom is 0.352 e. The number of pyridine rings is 1. The zero-order valence-corrected chi connectivity index (χ0v) is 11.4. The third-order valence-electron chi connectivity index (χ3n) is 2.94. The minimum Gasteiger partial charge on any atom is -0.505 e. The number of fused-ring (bicyclic) bond motifs is 1. The summed E-state index contributed by atoms with van der Waals surface area (Å²) in [6.07, 6.45) is 1.26. The molecule has 0 aliphatic carbocycles. The zero-order chi connectivity index (χ0) is 14.0. The van der Waals surface area contributed by atoms with E-state index in [0.29, 0.717) is 24.9 Å². The number of aryl methyl sites for hydroxylation is 1. The monoisotopic (exact) mass is 298 g/mol. The van der Waals surface area contributed by atoms with Crippen molar-refractivity contribution in [3.05, 3.63) is 39.7 Å². The van der Waals surface area contributed by atoms with Gasteiger partial charge in [0.2, 0.25) is 0 Å². The Morgan fingerprint density at radius 2 is 2.05 bits per heavy atom. The molecule has 0 spiro atoms. The third kappa shape index (κ3) is 2.92. The van der Waals surface area contributed by atoms with E-state index in [2.05, 4.69) is 4.98 Å². The van der Waals surface area contributed by atoms with Crippen LogP contribution in [0.2, 0.25) is 0 Å². The first-order chi connectivity index (χ1) is 9.04. The van der Waals surface area contributed by atoms with Crippen LogP contribution >= 0.6 is 12.4 Å². The number of H-pyrrole nitrogens is 1. The second-order valence-electron chi connectivity index (χ2n) is 4.24. The number of carboxylic acids is 1. The van der Waals surface area contributed by atoms with Crippen LogP contribution in [0.25, 0.3) is 10.9 Å². The fourth-order valence-electron chi connectivity index (χ4n) is 1.96. The number of rotatable bonds is 4. The molecule has 7 heteroatoms. The van der Waals surface area contributed by atoms with Crippen molar-refractivity contribution in [1.29, 1.82) is 0 Å². The molecule has 0 atom stereocenters. The zero-order valence-electron chi connectivity index (χ0n) is 10.5. The van der Waals surface area contributed by atoms with Crippen molar-refractivity contribution < 1.29 is 15.0 Å². The van der Waals surface area contributed by atoms with Gasteiger partial charge in [-0.1, -0.05) is 6.07 Å². The van der Waals surface area contributed by atoms with Gasteiger partial charge in [-0.2, -0.15) is 0 Å². The lowest BCUT2D eigenvalue weighted by atomic mass is 10.0. The highest BCUT2D eigenvalue weighted by Crippen LogP contribution is 2.26. The van der Waals surface area contributed by atoms with Gasteiger partial charge < -0.3 is 20.9 Å². The molecule has 5 N–H and O–H groups in total. The molecule has 0 unspecified atom stereocenters. The highest BCUT2D eigenvalue weighted by molar-refractivity contribution is 5.92. The van der Waals surface area contributed by atoms with Crippen molar-refractivity contribution in [3.8, 4) is 5.75 Å². The number of benzene rings is 1. The number of aromatic amines is 1. The van der Waals surface area contributed by atoms with Gasteiger partial charge in [-0.15, -0.1) is 12.4 Å². The lowest BCUT2D eigenvalue weighted by Gasteiger charge is -2.08. The molecular formula is C13H15ClN2O4. The number of carboxylic acid groups (broad SMARTS) is 1. The van der Waals surface area contributed by atoms with Crippen molar-refractivity contribution in [1.82, 2.24) is 4.98 Å². The van der Waals surface area contributed by atoms with Crippen LogP contribution in [0.4, 0.5) is 0 Å². The quantitative estimate of drug-likeness (QED) is 0.678. The Morgan fingerprint density at radius 1 is 1.35 bits per heavy atom. The van der Waals surface area contributed by atoms with E-state index in [4.69, 9.17) is 10.8 Å². The lowest BCUT2D eigenvalue weighted by Crippen LogP contribution is -2.10. The number of aromatic carboxylic acids is 1. The molecule has 2 rings (SSSR count). The molecule has 6 nitrogen and oxygen atoms in total. The van der Waals surface area contributed by atoms with Crippen molar-refractivity contribution in [2.45, 2.75) is 12.8 Å². The minimum atomic E-state index is -1.24. The molecule has 0 fully saturated rings. The van der Waals surface area contributed by atoms with Crippen LogP contribution in [0.15, 0.2) is 23.0 Å². The van der Waals surface area contributed by atoms with Gasteiger partial charge in [0.25, 0.3) is 0 Å². The number of aromatic nitrogens is 1. The van der Waals surface area contributed by atoms with Crippen LogP contribution in [-0.4, -0.2) is 27.7 Å². The fourth-order valence-corrected chi connectivity index (χ4v) is 1.96. The summed E-state index contributed by atoms with van der Waals surface area (Å²) in [6.45, 7) is 0.489. The maximum absolute atomic E-state index is 11.8. The van der Waals surface area contributed by atoms with Crippen molar-refractivity contribution in [3.63, 3.8) is 0 Å². The second-order valence-corrected chi connectivity index (χ2v) is 4.24. The molecule has 0 aliphatic rings. The number of hydrogen-bond acceptors (Lipinski definition) is 4. The molecule has 108 valence electrons. The molecule has 20 heavy (non-hydrogen) atoms. The van der Waals surface area contributed by atoms with E-state index in [9.17, 15) is 14.7 Å². The van der Waals surface area contributed by atoms with Crippen molar-refractivity contribution >= 4 is 29.3 Å². The molecule has 0 saturated carbocycles. The van der Waals surface area contributed by atoms with Gasteiger partial charge in [0, 0.05) is 11.5 Å². The summed E-state index contributed by atoms with van der Waals surface area (Å²) in [5, 5.41) is 19.3. The van der Waals surface area contributed by atoms with Crippen LogP contribution < -0.4 is 11.2 Å². The Balaban J connectivity index is 0.00000200. The molecule has 0 aliphatic heterocycles. The highest BCUT2D eigenvalue weighted by Gasteiger charge is 2.12. The van der Waals surface area contributed by atoms with Crippen LogP contribution in [-0.2, 0) is 6.42 Å². The summed E-state index contributed by atoms with van der Waals surface area (Å²) in [7, 11) is 0. The first kappa shape index (κ1) is 16.0. The van der Waals surface area contributed by atoms with Gasteiger partial charge in [0.1, 0.15) is 11.4 Å². The minimum absolute atomic E-state index is 0. The standard InChI is InChI=1S/C13H14N2O4.ClH/c14-5-1-2-7-3-4-8-10(16)6-9(13(18)19)15-11(8)12(7)17;/h3-4,6,17H,1-2,5,14H2,(H,15,16)(H,18,19);1H. The number of nitrogens with one attached hydrogen (secondary N) is 1. The fraction of sp³-hybridized carbons (Fsp3) is 0.231. The number of halogens is 1. The molecule has 2 aromatic rings. The summed E-state index contributed by atoms with van der Waals surface area (Å²) in [5.74, 6) is -1.34. The number of aromatic hydroxyl groups is 1. The molecule has 0 amide bonds. The summed E-state index contributed by atoms with van der Waals surface area (Å²) in [4.78, 5) is 25.2. The first-order valence-electron chi connectivity index (χ1n) is 5.86. The third-order valence-corrected chi connectivity index (χ3v) is 2.94. The number of phenolic OH excluding ortho intramolecular Hbond substituents is 1. The van der Waals surface area contributed by atoms with E-state index in [0.717, 1.165) is 6.07 Å². The van der Waals surface area contributed by atoms with E-state index in [1.54, 1.807) is 12.1 Å². The summed E-state index contributed by atoms with van der Waals surface area (Å²) in [5.41, 5.74) is 5.51. The van der Waals surface area contributed by atoms with E-state index in [1.165, 1.54) is 0 Å². The largest absolute Gasteiger partial charge is 0.505 e. The highest BCUT2D eigenvalue weighted by atomic mass is 35.5. The van der Waals surface area contributed by atoms with Gasteiger partial charge in [0.05, 0.1) is 5.52 Å². The SMILES string of the molecule is Cl.NCCCc1ccc2c(=O)cc(C(=O)O)[nH]c2c1O. The van der Waals surface area contributed by atoms with Crippen LogP contribution in [0.1, 0.15) is 22.5 Å². The Bertz CT molecular complexity index is 697. The lowest BCUT2D eigenvalue weighted by molar-refractivity contribution is 0.0691. The van der Waals surface area contributed by atoms with E-state index >= 15 is 0 Å². The summed E-state index contributed by atoms with van der Waals surface area (Å²) < 4.78 is 0. The predicted octanol–water partition coefficient (Wildman–Crippen LogP) is 1.25. The van der Waals surface area contributed by atoms with Gasteiger partial charge in [0.15, 0.2) is 5.43 Å². The van der Waals surface area contributed by atoms with E-state index in [-0.39, 0.29) is 34.8 Å². The maximum atomic E-state index is 11.8. The van der Waals surface area contributed by atoms with Crippen LogP contribution in [0.5, 0.6) is 5.75 Å². The topological polar surface area (TPSA) is 116 Å². The van der Waals surface area contributed by atoms with Gasteiger partial charge in [-0.25, -0.2) is 4.79 Å². The van der Waals surface area contributed by atoms with Gasteiger partial charge in [-0.05, 0) is 31.0 Å². The average molecular weight is 299 g/mol. The first-order valence-corrected chi connectivity index (χ1v) is 5.86. The van der Waals surface area contributed by atoms with E-state index in [1.807, 2.05) is 0 Å². The second kappa shape index (κ2) is 6.40. The number of carbonyl (C=O) groups is 1. The van der Waals surface area contributed by atoms with Crippen LogP contribution in [0, 0.1) is 0 Å². The Labute approximate surface area is 120 Å². The van der Waals surface area contributed by atoms with E-state index < -0.39 is 11.4 Å². The van der Waals surface area contributed by atoms with Crippen molar-refractivity contribution in [2.75, 3.05) is 6.54 Å². The summed E-state index contributed by atoms with van der Waals surface area (Å²) in [6, 6.07) is 4.23. The molecule has 0 bridgehead atoms. The Kier molecular flexibility index (Phi) is 5.12. The van der Waals surface area contributed by atoms with Gasteiger partial charge >= 0.3 is 5.97 Å². The molecule has 1 aromatic carbocycles. The Hall–Kier alpha value is -2.05. The Morgan fingerprint density at radius 3 is 2.65 bits per heavy atom. The number of phenols is 1. The molecule has 0 radical (unpaired) electrons. The number of hydrogen-bond donors (Lipinski definition) is 4. The molecular weight excluding hydrogens is 284 g/mol. The van der Waals surface area contributed by atoms with Crippen molar-refractivity contribution in [2.24, 2.45) is 5.73 Å². The smallest absolute Gasteiger partial charge is 0.352 e. The molecule has 1 aromatic heterocycles. The van der Waals surface area contributed by atoms with Gasteiger partial charge in [-0.3, -0.25) is 4.79 Å².